The largest absolute Gasteiger partial charge is 0.268 e. The maximum absolute atomic E-state index is 10.2. The Bertz CT molecular complexity index is 107. The molecule has 1 aliphatic heterocycles. The Balaban J connectivity index is 2.51. The second-order valence-corrected chi connectivity index (χ2v) is 1.41. The van der Waals surface area contributed by atoms with Gasteiger partial charge in [0.25, 0.3) is 5.91 Å². The number of amides is 1. The van der Waals surface area contributed by atoms with Gasteiger partial charge in [0, 0.05) is 12.6 Å². The standard InChI is InChI=1S/C5H6NO/c7-5-3-1-2-4-6-5/h1,3H,2,4H2. The Labute approximate surface area is 42.2 Å². The molecule has 2 nitrogen and oxygen atoms in total. The summed E-state index contributed by atoms with van der Waals surface area (Å²) < 4.78 is 0. The van der Waals surface area contributed by atoms with Crippen LogP contribution in [0.15, 0.2) is 12.2 Å². The molecule has 1 rings (SSSR count). The van der Waals surface area contributed by atoms with Gasteiger partial charge in [0.05, 0.1) is 0 Å². The van der Waals surface area contributed by atoms with Gasteiger partial charge >= 0.3 is 0 Å². The van der Waals surface area contributed by atoms with E-state index in [0.29, 0.717) is 6.54 Å². The number of nitrogens with zero attached hydrogens (tertiary/aromatic N) is 1. The van der Waals surface area contributed by atoms with E-state index in [1.54, 1.807) is 0 Å². The summed E-state index contributed by atoms with van der Waals surface area (Å²) >= 11 is 0. The lowest BCUT2D eigenvalue weighted by Crippen LogP contribution is -2.16. The third-order valence-electron chi connectivity index (χ3n) is 0.824. The van der Waals surface area contributed by atoms with E-state index in [-0.39, 0.29) is 5.91 Å². The van der Waals surface area contributed by atoms with Crippen LogP contribution in [0.2, 0.25) is 0 Å². The zero-order chi connectivity index (χ0) is 5.11. The Morgan fingerprint density at radius 2 is 2.57 bits per heavy atom. The maximum Gasteiger partial charge on any atom is 0.264 e. The Hall–Kier alpha value is -0.790. The van der Waals surface area contributed by atoms with Crippen molar-refractivity contribution in [3.05, 3.63) is 12.2 Å². The molecule has 0 aliphatic carbocycles. The zero-order valence-electron chi connectivity index (χ0n) is 3.92. The Morgan fingerprint density at radius 3 is 2.86 bits per heavy atom. The van der Waals surface area contributed by atoms with E-state index >= 15 is 0 Å². The van der Waals surface area contributed by atoms with Crippen molar-refractivity contribution in [3.8, 4) is 0 Å². The molecule has 1 heterocycles. The highest BCUT2D eigenvalue weighted by Gasteiger charge is 1.98. The Morgan fingerprint density at radius 1 is 1.71 bits per heavy atom. The molecule has 0 unspecified atom stereocenters. The van der Waals surface area contributed by atoms with Crippen molar-refractivity contribution >= 4 is 5.91 Å². The third-order valence-corrected chi connectivity index (χ3v) is 0.824. The SMILES string of the molecule is O=C1C=CCC[N]1. The van der Waals surface area contributed by atoms with Crippen molar-refractivity contribution in [2.75, 3.05) is 6.54 Å². The molecule has 2 heteroatoms. The fourth-order valence-electron chi connectivity index (χ4n) is 0.486. The number of hydrogen-bond acceptors (Lipinski definition) is 1. The maximum atomic E-state index is 10.2. The first kappa shape index (κ1) is 4.37. The van der Waals surface area contributed by atoms with Gasteiger partial charge in [-0.15, -0.1) is 0 Å². The number of carbonyl (C=O) groups excluding carboxylic acids is 1. The predicted molar refractivity (Wildman–Crippen MR) is 25.8 cm³/mol. The molecular formula is C5H6NO. The molecule has 7 heavy (non-hydrogen) atoms. The van der Waals surface area contributed by atoms with Gasteiger partial charge in [-0.3, -0.25) is 4.79 Å². The first-order valence-corrected chi connectivity index (χ1v) is 2.27. The van der Waals surface area contributed by atoms with Crippen molar-refractivity contribution in [2.24, 2.45) is 0 Å². The van der Waals surface area contributed by atoms with Crippen molar-refractivity contribution in [3.63, 3.8) is 0 Å². The van der Waals surface area contributed by atoms with E-state index < -0.39 is 0 Å². The molecule has 1 radical (unpaired) electrons. The fourth-order valence-corrected chi connectivity index (χ4v) is 0.486. The van der Waals surface area contributed by atoms with Crippen LogP contribution in [-0.2, 0) is 4.79 Å². The average Bonchev–Trinajstić information content (AvgIpc) is 1.69. The first-order chi connectivity index (χ1) is 3.39. The van der Waals surface area contributed by atoms with Crippen LogP contribution in [0, 0.1) is 0 Å². The van der Waals surface area contributed by atoms with Crippen LogP contribution in [0.5, 0.6) is 0 Å². The molecule has 0 aromatic carbocycles. The zero-order valence-corrected chi connectivity index (χ0v) is 3.92. The number of carbonyl (C=O) groups is 1. The summed E-state index contributed by atoms with van der Waals surface area (Å²) in [6, 6.07) is 0. The summed E-state index contributed by atoms with van der Waals surface area (Å²) in [5, 5.41) is 3.60. The molecule has 1 aliphatic rings. The molecule has 0 saturated heterocycles. The van der Waals surface area contributed by atoms with Crippen LogP contribution in [0.1, 0.15) is 6.42 Å². The quantitative estimate of drug-likeness (QED) is 0.420. The van der Waals surface area contributed by atoms with E-state index in [4.69, 9.17) is 0 Å². The monoisotopic (exact) mass is 96.0 g/mol. The minimum Gasteiger partial charge on any atom is -0.268 e. The van der Waals surface area contributed by atoms with E-state index in [1.165, 1.54) is 6.08 Å². The lowest BCUT2D eigenvalue weighted by molar-refractivity contribution is -0.117. The topological polar surface area (TPSA) is 31.2 Å². The van der Waals surface area contributed by atoms with Gasteiger partial charge in [-0.25, -0.2) is 5.32 Å². The smallest absolute Gasteiger partial charge is 0.264 e. The van der Waals surface area contributed by atoms with Crippen LogP contribution in [0.3, 0.4) is 0 Å². The van der Waals surface area contributed by atoms with Crippen LogP contribution in [-0.4, -0.2) is 12.5 Å². The minimum absolute atomic E-state index is 0.0914. The first-order valence-electron chi connectivity index (χ1n) is 2.27. The summed E-state index contributed by atoms with van der Waals surface area (Å²) in [5.74, 6) is -0.0914. The molecule has 0 N–H and O–H groups in total. The lowest BCUT2D eigenvalue weighted by atomic mass is 10.3. The lowest BCUT2D eigenvalue weighted by Gasteiger charge is -1.98. The van der Waals surface area contributed by atoms with Crippen molar-refractivity contribution in [2.45, 2.75) is 6.42 Å². The van der Waals surface area contributed by atoms with Crippen molar-refractivity contribution < 1.29 is 4.79 Å². The molecule has 0 spiro atoms. The molecule has 0 aromatic rings. The van der Waals surface area contributed by atoms with E-state index in [1.807, 2.05) is 6.08 Å². The number of rotatable bonds is 0. The van der Waals surface area contributed by atoms with E-state index in [2.05, 4.69) is 5.32 Å². The van der Waals surface area contributed by atoms with Gasteiger partial charge in [0.2, 0.25) is 0 Å². The van der Waals surface area contributed by atoms with Crippen LogP contribution in [0.25, 0.3) is 0 Å². The molecule has 0 bridgehead atoms. The summed E-state index contributed by atoms with van der Waals surface area (Å²) in [7, 11) is 0. The highest BCUT2D eigenvalue weighted by molar-refractivity contribution is 5.87. The molecular weight excluding hydrogens is 90.1 g/mol. The summed E-state index contributed by atoms with van der Waals surface area (Å²) in [6.07, 6.45) is 4.27. The van der Waals surface area contributed by atoms with Gasteiger partial charge in [-0.2, -0.15) is 0 Å². The van der Waals surface area contributed by atoms with Crippen molar-refractivity contribution in [1.82, 2.24) is 5.32 Å². The summed E-state index contributed by atoms with van der Waals surface area (Å²) in [4.78, 5) is 10.2. The second kappa shape index (κ2) is 1.78. The average molecular weight is 96.1 g/mol. The van der Waals surface area contributed by atoms with E-state index in [9.17, 15) is 4.79 Å². The molecule has 1 amide bonds. The normalized spacial score (nSPS) is 19.1. The summed E-state index contributed by atoms with van der Waals surface area (Å²) in [6.45, 7) is 0.676. The minimum atomic E-state index is -0.0914. The van der Waals surface area contributed by atoms with Gasteiger partial charge < -0.3 is 0 Å². The van der Waals surface area contributed by atoms with Crippen LogP contribution in [0.4, 0.5) is 0 Å². The summed E-state index contributed by atoms with van der Waals surface area (Å²) in [5.41, 5.74) is 0. The third kappa shape index (κ3) is 1.03. The molecule has 0 aromatic heterocycles. The van der Waals surface area contributed by atoms with Gasteiger partial charge in [-0.1, -0.05) is 6.08 Å². The predicted octanol–water partition coefficient (Wildman–Crippen LogP) is 0.0773. The molecule has 37 valence electrons. The van der Waals surface area contributed by atoms with Gasteiger partial charge in [0.1, 0.15) is 0 Å². The molecule has 0 saturated carbocycles. The fraction of sp³-hybridized carbons (Fsp3) is 0.400. The number of hydrogen-bond donors (Lipinski definition) is 0. The molecule has 0 atom stereocenters. The molecule has 0 fully saturated rings. The second-order valence-electron chi connectivity index (χ2n) is 1.41. The van der Waals surface area contributed by atoms with Gasteiger partial charge in [-0.05, 0) is 6.42 Å². The van der Waals surface area contributed by atoms with E-state index in [0.717, 1.165) is 6.42 Å². The Kier molecular flexibility index (Phi) is 1.11. The highest BCUT2D eigenvalue weighted by Crippen LogP contribution is 1.88. The van der Waals surface area contributed by atoms with Crippen molar-refractivity contribution in [1.29, 1.82) is 0 Å². The van der Waals surface area contributed by atoms with Gasteiger partial charge in [0.15, 0.2) is 0 Å². The van der Waals surface area contributed by atoms with Crippen LogP contribution < -0.4 is 5.32 Å². The highest BCUT2D eigenvalue weighted by atomic mass is 16.1. The van der Waals surface area contributed by atoms with Crippen LogP contribution >= 0.6 is 0 Å².